The van der Waals surface area contributed by atoms with Gasteiger partial charge in [-0.15, -0.1) is 0 Å². The highest BCUT2D eigenvalue weighted by molar-refractivity contribution is 5.99. The number of esters is 1. The van der Waals surface area contributed by atoms with Gasteiger partial charge in [-0.2, -0.15) is 13.2 Å². The molecule has 26 heavy (non-hydrogen) atoms. The molecular weight excluding hydrogens is 349 g/mol. The third-order valence-electron chi connectivity index (χ3n) is 3.53. The third kappa shape index (κ3) is 4.75. The number of nitrogens with one attached hydrogen (secondary N) is 2. The Bertz CT molecular complexity index is 806. The SMILES string of the molecule is CNc1ccccc1C(=O)O[C@H](C)C(=O)Nc1cccc(C(F)(F)F)c1. The summed E-state index contributed by atoms with van der Waals surface area (Å²) >= 11 is 0. The van der Waals surface area contributed by atoms with E-state index in [-0.39, 0.29) is 11.3 Å². The van der Waals surface area contributed by atoms with E-state index < -0.39 is 29.7 Å². The molecule has 2 aromatic rings. The average Bonchev–Trinajstić information content (AvgIpc) is 2.61. The predicted molar refractivity (Wildman–Crippen MR) is 90.9 cm³/mol. The van der Waals surface area contributed by atoms with Crippen molar-refractivity contribution in [1.82, 2.24) is 0 Å². The Labute approximate surface area is 148 Å². The second-order valence-corrected chi connectivity index (χ2v) is 5.41. The van der Waals surface area contributed by atoms with Crippen LogP contribution in [-0.4, -0.2) is 25.0 Å². The van der Waals surface area contributed by atoms with Gasteiger partial charge in [0, 0.05) is 18.4 Å². The van der Waals surface area contributed by atoms with Gasteiger partial charge in [0.2, 0.25) is 0 Å². The van der Waals surface area contributed by atoms with Gasteiger partial charge in [-0.1, -0.05) is 18.2 Å². The van der Waals surface area contributed by atoms with Gasteiger partial charge >= 0.3 is 12.1 Å². The van der Waals surface area contributed by atoms with Gasteiger partial charge < -0.3 is 15.4 Å². The molecule has 0 saturated carbocycles. The molecule has 0 saturated heterocycles. The Hall–Kier alpha value is -3.03. The zero-order valence-electron chi connectivity index (χ0n) is 14.1. The molecule has 0 bridgehead atoms. The van der Waals surface area contributed by atoms with Crippen molar-refractivity contribution in [1.29, 1.82) is 0 Å². The highest BCUT2D eigenvalue weighted by Gasteiger charge is 2.30. The average molecular weight is 366 g/mol. The second kappa shape index (κ2) is 7.90. The monoisotopic (exact) mass is 366 g/mol. The zero-order chi connectivity index (χ0) is 19.3. The lowest BCUT2D eigenvalue weighted by Crippen LogP contribution is -2.30. The van der Waals surface area contributed by atoms with Gasteiger partial charge in [0.1, 0.15) is 0 Å². The Morgan fingerprint density at radius 1 is 1.08 bits per heavy atom. The van der Waals surface area contributed by atoms with Gasteiger partial charge in [-0.3, -0.25) is 4.79 Å². The highest BCUT2D eigenvalue weighted by atomic mass is 19.4. The Balaban J connectivity index is 2.05. The van der Waals surface area contributed by atoms with Gasteiger partial charge in [0.25, 0.3) is 5.91 Å². The van der Waals surface area contributed by atoms with Crippen molar-refractivity contribution in [3.8, 4) is 0 Å². The highest BCUT2D eigenvalue weighted by Crippen LogP contribution is 2.30. The first kappa shape index (κ1) is 19.3. The first-order valence-corrected chi connectivity index (χ1v) is 7.68. The number of hydrogen-bond acceptors (Lipinski definition) is 4. The van der Waals surface area contributed by atoms with Gasteiger partial charge in [0.15, 0.2) is 6.10 Å². The number of rotatable bonds is 5. The second-order valence-electron chi connectivity index (χ2n) is 5.41. The molecule has 0 unspecified atom stereocenters. The molecule has 1 atom stereocenters. The van der Waals surface area contributed by atoms with Crippen LogP contribution in [0.3, 0.4) is 0 Å². The minimum absolute atomic E-state index is 0.0386. The summed E-state index contributed by atoms with van der Waals surface area (Å²) < 4.78 is 43.2. The molecule has 138 valence electrons. The van der Waals surface area contributed by atoms with E-state index in [1.807, 2.05) is 0 Å². The van der Waals surface area contributed by atoms with Crippen LogP contribution in [0, 0.1) is 0 Å². The maximum absolute atomic E-state index is 12.7. The Morgan fingerprint density at radius 3 is 2.42 bits per heavy atom. The lowest BCUT2D eigenvalue weighted by molar-refractivity contribution is -0.137. The molecule has 0 heterocycles. The number of carbonyl (C=O) groups is 2. The van der Waals surface area contributed by atoms with Gasteiger partial charge in [-0.05, 0) is 37.3 Å². The normalized spacial score (nSPS) is 12.2. The molecule has 1 amide bonds. The van der Waals surface area contributed by atoms with Crippen LogP contribution in [0.2, 0.25) is 0 Å². The van der Waals surface area contributed by atoms with E-state index in [4.69, 9.17) is 4.74 Å². The minimum atomic E-state index is -4.52. The fourth-order valence-corrected chi connectivity index (χ4v) is 2.17. The number of carbonyl (C=O) groups excluding carboxylic acids is 2. The third-order valence-corrected chi connectivity index (χ3v) is 3.53. The number of benzene rings is 2. The van der Waals surface area contributed by atoms with Crippen LogP contribution in [0.25, 0.3) is 0 Å². The fraction of sp³-hybridized carbons (Fsp3) is 0.222. The fourth-order valence-electron chi connectivity index (χ4n) is 2.17. The quantitative estimate of drug-likeness (QED) is 0.787. The smallest absolute Gasteiger partial charge is 0.416 e. The first-order chi connectivity index (χ1) is 12.2. The van der Waals surface area contributed by atoms with E-state index in [1.165, 1.54) is 25.1 Å². The van der Waals surface area contributed by atoms with Gasteiger partial charge in [0.05, 0.1) is 11.1 Å². The molecule has 2 N–H and O–H groups in total. The van der Waals surface area contributed by atoms with Crippen LogP contribution in [0.5, 0.6) is 0 Å². The van der Waals surface area contributed by atoms with Crippen LogP contribution < -0.4 is 10.6 Å². The number of para-hydroxylation sites is 1. The van der Waals surface area contributed by atoms with Crippen LogP contribution in [0.15, 0.2) is 48.5 Å². The van der Waals surface area contributed by atoms with Crippen molar-refractivity contribution in [3.05, 3.63) is 59.7 Å². The molecule has 0 fully saturated rings. The number of halogens is 3. The van der Waals surface area contributed by atoms with E-state index in [1.54, 1.807) is 25.2 Å². The van der Waals surface area contributed by atoms with Crippen LogP contribution in [0.4, 0.5) is 24.5 Å². The van der Waals surface area contributed by atoms with Crippen molar-refractivity contribution < 1.29 is 27.5 Å². The Kier molecular flexibility index (Phi) is 5.86. The number of anilines is 2. The maximum Gasteiger partial charge on any atom is 0.416 e. The lowest BCUT2D eigenvalue weighted by atomic mass is 10.2. The molecule has 0 spiro atoms. The van der Waals surface area contributed by atoms with Crippen molar-refractivity contribution in [2.75, 3.05) is 17.7 Å². The minimum Gasteiger partial charge on any atom is -0.449 e. The standard InChI is InChI=1S/C18H17F3N2O3/c1-11(26-17(25)14-8-3-4-9-15(14)22-2)16(24)23-13-7-5-6-12(10-13)18(19,20)21/h3-11,22H,1-2H3,(H,23,24)/t11-/m1/s1. The van der Waals surface area contributed by atoms with E-state index in [2.05, 4.69) is 10.6 Å². The topological polar surface area (TPSA) is 67.4 Å². The van der Waals surface area contributed by atoms with Gasteiger partial charge in [-0.25, -0.2) is 4.79 Å². The van der Waals surface area contributed by atoms with Crippen LogP contribution >= 0.6 is 0 Å². The molecule has 0 radical (unpaired) electrons. The summed E-state index contributed by atoms with van der Waals surface area (Å²) in [4.78, 5) is 24.3. The molecule has 0 aliphatic rings. The van der Waals surface area contributed by atoms with Crippen molar-refractivity contribution in [2.45, 2.75) is 19.2 Å². The molecule has 0 aromatic heterocycles. The molecule has 2 aromatic carbocycles. The van der Waals surface area contributed by atoms with Crippen LogP contribution in [0.1, 0.15) is 22.8 Å². The van der Waals surface area contributed by atoms with E-state index in [9.17, 15) is 22.8 Å². The lowest BCUT2D eigenvalue weighted by Gasteiger charge is -2.15. The predicted octanol–water partition coefficient (Wildman–Crippen LogP) is 3.93. The van der Waals surface area contributed by atoms with Crippen LogP contribution in [-0.2, 0) is 15.7 Å². The molecule has 2 rings (SSSR count). The first-order valence-electron chi connectivity index (χ1n) is 7.68. The summed E-state index contributed by atoms with van der Waals surface area (Å²) in [6.07, 6.45) is -5.71. The summed E-state index contributed by atoms with van der Waals surface area (Å²) in [6.45, 7) is 1.34. The molecule has 5 nitrogen and oxygen atoms in total. The van der Waals surface area contributed by atoms with E-state index in [0.717, 1.165) is 12.1 Å². The number of hydrogen-bond donors (Lipinski definition) is 2. The number of alkyl halides is 3. The largest absolute Gasteiger partial charge is 0.449 e. The summed E-state index contributed by atoms with van der Waals surface area (Å²) in [7, 11) is 1.63. The Morgan fingerprint density at radius 2 is 1.77 bits per heavy atom. The summed E-state index contributed by atoms with van der Waals surface area (Å²) in [5.74, 6) is -1.46. The van der Waals surface area contributed by atoms with E-state index >= 15 is 0 Å². The molecule has 0 aliphatic carbocycles. The summed E-state index contributed by atoms with van der Waals surface area (Å²) in [5, 5.41) is 5.14. The van der Waals surface area contributed by atoms with E-state index in [0.29, 0.717) is 5.69 Å². The molecule has 0 aliphatic heterocycles. The van der Waals surface area contributed by atoms with Crippen molar-refractivity contribution >= 4 is 23.3 Å². The maximum atomic E-state index is 12.7. The van der Waals surface area contributed by atoms with Crippen molar-refractivity contribution in [2.24, 2.45) is 0 Å². The zero-order valence-corrected chi connectivity index (χ0v) is 14.1. The number of amides is 1. The van der Waals surface area contributed by atoms with Crippen molar-refractivity contribution in [3.63, 3.8) is 0 Å². The number of ether oxygens (including phenoxy) is 1. The summed E-state index contributed by atoms with van der Waals surface area (Å²) in [6, 6.07) is 10.8. The molecule has 8 heteroatoms. The molecular formula is C18H17F3N2O3. The summed E-state index contributed by atoms with van der Waals surface area (Å²) in [5.41, 5.74) is -0.150.